The molecule has 1 aromatic carbocycles. The minimum atomic E-state index is -1.02. The van der Waals surface area contributed by atoms with Crippen molar-refractivity contribution >= 4 is 32.8 Å². The van der Waals surface area contributed by atoms with E-state index in [1.165, 1.54) is 0 Å². The van der Waals surface area contributed by atoms with Crippen LogP contribution in [0.2, 0.25) is 0 Å². The first-order chi connectivity index (χ1) is 6.20. The maximum atomic E-state index is 10.7. The Morgan fingerprint density at radius 3 is 3.00 bits per heavy atom. The molecule has 66 valence electrons. The molecule has 4 nitrogen and oxygen atoms in total. The normalized spacial score (nSPS) is 10.5. The van der Waals surface area contributed by atoms with Crippen LogP contribution in [0.5, 0.6) is 0 Å². The molecule has 13 heavy (non-hydrogen) atoms. The Bertz CT molecular complexity index is 478. The van der Waals surface area contributed by atoms with Crippen LogP contribution in [-0.4, -0.2) is 21.3 Å². The van der Waals surface area contributed by atoms with E-state index in [0.717, 1.165) is 4.47 Å². The van der Waals surface area contributed by atoms with E-state index >= 15 is 0 Å². The van der Waals surface area contributed by atoms with Gasteiger partial charge in [-0.25, -0.2) is 4.79 Å². The second kappa shape index (κ2) is 2.85. The molecule has 0 saturated carbocycles. The SMILES string of the molecule is O=C(O)c1n[nH]c2c(Br)cccc12. The first-order valence-electron chi connectivity index (χ1n) is 3.56. The number of carboxylic acids is 1. The third kappa shape index (κ3) is 1.21. The third-order valence-electron chi connectivity index (χ3n) is 1.75. The van der Waals surface area contributed by atoms with E-state index in [-0.39, 0.29) is 5.69 Å². The molecule has 0 bridgehead atoms. The predicted molar refractivity (Wildman–Crippen MR) is 50.8 cm³/mol. The van der Waals surface area contributed by atoms with Gasteiger partial charge in [-0.1, -0.05) is 12.1 Å². The highest BCUT2D eigenvalue weighted by molar-refractivity contribution is 9.10. The number of hydrogen-bond acceptors (Lipinski definition) is 2. The van der Waals surface area contributed by atoms with Gasteiger partial charge in [-0.2, -0.15) is 5.10 Å². The molecule has 5 heteroatoms. The van der Waals surface area contributed by atoms with Crippen LogP contribution >= 0.6 is 15.9 Å². The van der Waals surface area contributed by atoms with Gasteiger partial charge in [0.15, 0.2) is 5.69 Å². The van der Waals surface area contributed by atoms with Gasteiger partial charge in [-0.05, 0) is 22.0 Å². The lowest BCUT2D eigenvalue weighted by molar-refractivity contribution is 0.0692. The van der Waals surface area contributed by atoms with Crippen molar-refractivity contribution in [3.05, 3.63) is 28.4 Å². The number of para-hydroxylation sites is 1. The molecule has 1 heterocycles. The summed E-state index contributed by atoms with van der Waals surface area (Å²) >= 11 is 3.30. The summed E-state index contributed by atoms with van der Waals surface area (Å²) in [6.07, 6.45) is 0. The smallest absolute Gasteiger partial charge is 0.357 e. The number of carbonyl (C=O) groups is 1. The Morgan fingerprint density at radius 2 is 2.31 bits per heavy atom. The highest BCUT2D eigenvalue weighted by Crippen LogP contribution is 2.23. The number of aromatic amines is 1. The summed E-state index contributed by atoms with van der Waals surface area (Å²) in [5.74, 6) is -1.02. The lowest BCUT2D eigenvalue weighted by Gasteiger charge is -1.91. The van der Waals surface area contributed by atoms with E-state index < -0.39 is 5.97 Å². The topological polar surface area (TPSA) is 66.0 Å². The first-order valence-corrected chi connectivity index (χ1v) is 4.35. The summed E-state index contributed by atoms with van der Waals surface area (Å²) in [4.78, 5) is 10.7. The quantitative estimate of drug-likeness (QED) is 0.802. The second-order valence-corrected chi connectivity index (χ2v) is 3.39. The van der Waals surface area contributed by atoms with Crippen LogP contribution in [0.15, 0.2) is 22.7 Å². The van der Waals surface area contributed by atoms with Crippen molar-refractivity contribution in [1.29, 1.82) is 0 Å². The largest absolute Gasteiger partial charge is 0.476 e. The average molecular weight is 241 g/mol. The number of hydrogen-bond donors (Lipinski definition) is 2. The minimum Gasteiger partial charge on any atom is -0.476 e. The van der Waals surface area contributed by atoms with Gasteiger partial charge < -0.3 is 5.11 Å². The monoisotopic (exact) mass is 240 g/mol. The first kappa shape index (κ1) is 8.25. The molecule has 2 N–H and O–H groups in total. The number of aromatic nitrogens is 2. The van der Waals surface area contributed by atoms with Gasteiger partial charge in [0.2, 0.25) is 0 Å². The number of carboxylic acid groups (broad SMARTS) is 1. The summed E-state index contributed by atoms with van der Waals surface area (Å²) < 4.78 is 0.810. The molecule has 0 spiro atoms. The molecule has 0 fully saturated rings. The van der Waals surface area contributed by atoms with Crippen LogP contribution in [0.4, 0.5) is 0 Å². The van der Waals surface area contributed by atoms with Gasteiger partial charge in [0.25, 0.3) is 0 Å². The van der Waals surface area contributed by atoms with Gasteiger partial charge in [0, 0.05) is 9.86 Å². The Kier molecular flexibility index (Phi) is 1.81. The lowest BCUT2D eigenvalue weighted by Crippen LogP contribution is -1.96. The van der Waals surface area contributed by atoms with E-state index in [2.05, 4.69) is 26.1 Å². The Labute approximate surface area is 81.7 Å². The number of benzene rings is 1. The van der Waals surface area contributed by atoms with E-state index in [1.54, 1.807) is 12.1 Å². The standard InChI is InChI=1S/C8H5BrN2O2/c9-5-3-1-2-4-6(5)10-11-7(4)8(12)13/h1-3H,(H,10,11)(H,12,13). The number of nitrogens with zero attached hydrogens (tertiary/aromatic N) is 1. The molecule has 2 rings (SSSR count). The van der Waals surface area contributed by atoms with Crippen LogP contribution in [0.1, 0.15) is 10.5 Å². The van der Waals surface area contributed by atoms with Gasteiger partial charge >= 0.3 is 5.97 Å². The second-order valence-electron chi connectivity index (χ2n) is 2.54. The van der Waals surface area contributed by atoms with E-state index in [1.807, 2.05) is 6.07 Å². The summed E-state index contributed by atoms with van der Waals surface area (Å²) in [7, 11) is 0. The Morgan fingerprint density at radius 1 is 1.54 bits per heavy atom. The molecule has 0 saturated heterocycles. The number of nitrogens with one attached hydrogen (secondary N) is 1. The fraction of sp³-hybridized carbons (Fsp3) is 0. The van der Waals surface area contributed by atoms with Crippen molar-refractivity contribution in [2.24, 2.45) is 0 Å². The fourth-order valence-electron chi connectivity index (χ4n) is 1.17. The maximum absolute atomic E-state index is 10.7. The van der Waals surface area contributed by atoms with Crippen LogP contribution in [0, 0.1) is 0 Å². The molecule has 2 aromatic rings. The van der Waals surface area contributed by atoms with Crippen molar-refractivity contribution < 1.29 is 9.90 Å². The van der Waals surface area contributed by atoms with Gasteiger partial charge in [-0.3, -0.25) is 5.10 Å². The molecule has 0 aliphatic rings. The maximum Gasteiger partial charge on any atom is 0.357 e. The van der Waals surface area contributed by atoms with Crippen molar-refractivity contribution in [2.45, 2.75) is 0 Å². The summed E-state index contributed by atoms with van der Waals surface area (Å²) in [5.41, 5.74) is 0.760. The van der Waals surface area contributed by atoms with Crippen molar-refractivity contribution in [1.82, 2.24) is 10.2 Å². The molecule has 0 unspecified atom stereocenters. The van der Waals surface area contributed by atoms with Crippen LogP contribution in [0.25, 0.3) is 10.9 Å². The Hall–Kier alpha value is -1.36. The van der Waals surface area contributed by atoms with E-state index in [0.29, 0.717) is 10.9 Å². The molecule has 0 atom stereocenters. The molecular formula is C8H5BrN2O2. The van der Waals surface area contributed by atoms with Crippen LogP contribution in [-0.2, 0) is 0 Å². The van der Waals surface area contributed by atoms with Crippen LogP contribution in [0.3, 0.4) is 0 Å². The molecule has 0 radical (unpaired) electrons. The van der Waals surface area contributed by atoms with E-state index in [4.69, 9.17) is 5.11 Å². The fourth-order valence-corrected chi connectivity index (χ4v) is 1.63. The highest BCUT2D eigenvalue weighted by Gasteiger charge is 2.13. The van der Waals surface area contributed by atoms with Crippen LogP contribution < -0.4 is 0 Å². The Balaban J connectivity index is 2.83. The molecule has 0 aliphatic carbocycles. The number of H-pyrrole nitrogens is 1. The number of aromatic carboxylic acids is 1. The molecule has 1 aromatic heterocycles. The average Bonchev–Trinajstić information content (AvgIpc) is 2.48. The van der Waals surface area contributed by atoms with Crippen molar-refractivity contribution in [2.75, 3.05) is 0 Å². The summed E-state index contributed by atoms with van der Waals surface area (Å²) in [5, 5.41) is 15.7. The third-order valence-corrected chi connectivity index (χ3v) is 2.41. The highest BCUT2D eigenvalue weighted by atomic mass is 79.9. The summed E-state index contributed by atoms with van der Waals surface area (Å²) in [6.45, 7) is 0. The zero-order chi connectivity index (χ0) is 9.42. The lowest BCUT2D eigenvalue weighted by atomic mass is 10.2. The van der Waals surface area contributed by atoms with E-state index in [9.17, 15) is 4.79 Å². The zero-order valence-corrected chi connectivity index (χ0v) is 8.00. The molecular weight excluding hydrogens is 236 g/mol. The predicted octanol–water partition coefficient (Wildman–Crippen LogP) is 2.02. The minimum absolute atomic E-state index is 0.0521. The number of rotatable bonds is 1. The number of halogens is 1. The zero-order valence-electron chi connectivity index (χ0n) is 6.41. The number of fused-ring (bicyclic) bond motifs is 1. The van der Waals surface area contributed by atoms with Crippen molar-refractivity contribution in [3.8, 4) is 0 Å². The molecule has 0 amide bonds. The molecule has 0 aliphatic heterocycles. The summed E-state index contributed by atoms with van der Waals surface area (Å²) in [6, 6.07) is 5.31. The van der Waals surface area contributed by atoms with Gasteiger partial charge in [0.1, 0.15) is 0 Å². The van der Waals surface area contributed by atoms with Gasteiger partial charge in [-0.15, -0.1) is 0 Å². The van der Waals surface area contributed by atoms with Gasteiger partial charge in [0.05, 0.1) is 5.52 Å². The van der Waals surface area contributed by atoms with Crippen molar-refractivity contribution in [3.63, 3.8) is 0 Å².